The van der Waals surface area contributed by atoms with Gasteiger partial charge >= 0.3 is 13.1 Å². The highest BCUT2D eigenvalue weighted by molar-refractivity contribution is 6.62. The van der Waals surface area contributed by atoms with Gasteiger partial charge in [0.2, 0.25) is 0 Å². The fourth-order valence-corrected chi connectivity index (χ4v) is 1.70. The molecule has 0 unspecified atom stereocenters. The molecule has 0 bridgehead atoms. The number of hydrogen-bond donors (Lipinski definition) is 0. The lowest BCUT2D eigenvalue weighted by atomic mass is 9.80. The largest absolute Gasteiger partial charge is 0.496 e. The van der Waals surface area contributed by atoms with Gasteiger partial charge in [-0.2, -0.15) is 0 Å². The second kappa shape index (κ2) is 4.61. The van der Waals surface area contributed by atoms with E-state index >= 15 is 0 Å². The van der Waals surface area contributed by atoms with Crippen molar-refractivity contribution in [2.45, 2.75) is 38.9 Å². The van der Waals surface area contributed by atoms with Gasteiger partial charge in [-0.05, 0) is 33.8 Å². The fraction of sp³-hybridized carbons (Fsp3) is 0.538. The summed E-state index contributed by atoms with van der Waals surface area (Å²) in [5.74, 6) is -1.000. The Labute approximate surface area is 117 Å². The Hall–Kier alpha value is -1.40. The molecule has 1 aromatic rings. The van der Waals surface area contributed by atoms with Crippen molar-refractivity contribution in [1.29, 1.82) is 0 Å². The number of ether oxygens (including phenoxy) is 1. The molecule has 19 heavy (non-hydrogen) atoms. The first-order valence-electron chi connectivity index (χ1n) is 7.46. The van der Waals surface area contributed by atoms with Crippen molar-refractivity contribution in [2.75, 3.05) is 7.04 Å². The molecule has 0 aliphatic carbocycles. The maximum absolute atomic E-state index is 11.6. The topological polar surface area (TPSA) is 57.7 Å². The molecule has 0 radical (unpaired) electrons. The zero-order chi connectivity index (χ0) is 16.8. The van der Waals surface area contributed by atoms with E-state index in [4.69, 9.17) is 13.4 Å². The van der Waals surface area contributed by atoms with Crippen molar-refractivity contribution in [3.8, 4) is 0 Å². The molecule has 0 N–H and O–H groups in total. The van der Waals surface area contributed by atoms with Gasteiger partial charge in [0.1, 0.15) is 5.69 Å². The Balaban J connectivity index is 2.12. The molecule has 1 aromatic heterocycles. The van der Waals surface area contributed by atoms with Crippen LogP contribution in [0.15, 0.2) is 18.3 Å². The molecular formula is C13H18BNO4. The van der Waals surface area contributed by atoms with E-state index in [1.165, 1.54) is 12.3 Å². The minimum Gasteiger partial charge on any atom is -0.464 e. The van der Waals surface area contributed by atoms with Crippen molar-refractivity contribution in [2.24, 2.45) is 0 Å². The van der Waals surface area contributed by atoms with Crippen LogP contribution < -0.4 is 5.46 Å². The molecule has 0 saturated carbocycles. The molecule has 2 rings (SSSR count). The first-order chi connectivity index (χ1) is 9.91. The third-order valence-corrected chi connectivity index (χ3v) is 3.61. The highest BCUT2D eigenvalue weighted by Crippen LogP contribution is 2.36. The number of esters is 1. The zero-order valence-corrected chi connectivity index (χ0v) is 11.4. The molecule has 102 valence electrons. The molecule has 0 spiro atoms. The smallest absolute Gasteiger partial charge is 0.464 e. The van der Waals surface area contributed by atoms with Gasteiger partial charge in [-0.1, -0.05) is 6.07 Å². The Morgan fingerprint density at radius 1 is 1.32 bits per heavy atom. The van der Waals surface area contributed by atoms with E-state index in [-0.39, 0.29) is 5.69 Å². The number of carbonyl (C=O) groups excluding carboxylic acids is 1. The van der Waals surface area contributed by atoms with Crippen LogP contribution in [0.2, 0.25) is 0 Å². The van der Waals surface area contributed by atoms with E-state index in [1.807, 2.05) is 27.7 Å². The van der Waals surface area contributed by atoms with Crippen LogP contribution in [-0.4, -0.2) is 36.3 Å². The van der Waals surface area contributed by atoms with E-state index in [0.717, 1.165) is 0 Å². The van der Waals surface area contributed by atoms with Gasteiger partial charge in [0.25, 0.3) is 0 Å². The molecule has 2 heterocycles. The van der Waals surface area contributed by atoms with Crippen molar-refractivity contribution >= 4 is 18.6 Å². The molecule has 1 aliphatic rings. The molecule has 6 heteroatoms. The van der Waals surface area contributed by atoms with Crippen LogP contribution in [0.5, 0.6) is 0 Å². The second-order valence-corrected chi connectivity index (χ2v) is 5.45. The minimum atomic E-state index is -2.79. The summed E-state index contributed by atoms with van der Waals surface area (Å²) in [5, 5.41) is 0. The third kappa shape index (κ3) is 2.50. The highest BCUT2D eigenvalue weighted by atomic mass is 16.7. The van der Waals surface area contributed by atoms with E-state index in [0.29, 0.717) is 5.46 Å². The normalized spacial score (nSPS) is 23.4. The van der Waals surface area contributed by atoms with Gasteiger partial charge in [-0.3, -0.25) is 0 Å². The van der Waals surface area contributed by atoms with Gasteiger partial charge in [-0.25, -0.2) is 9.78 Å². The van der Waals surface area contributed by atoms with Crippen LogP contribution in [0.1, 0.15) is 42.3 Å². The summed E-state index contributed by atoms with van der Waals surface area (Å²) in [7, 11) is -3.38. The second-order valence-electron chi connectivity index (χ2n) is 5.45. The van der Waals surface area contributed by atoms with Crippen molar-refractivity contribution in [1.82, 2.24) is 4.98 Å². The molecule has 0 amide bonds. The van der Waals surface area contributed by atoms with Crippen LogP contribution >= 0.6 is 0 Å². The number of hydrogen-bond acceptors (Lipinski definition) is 5. The quantitative estimate of drug-likeness (QED) is 0.594. The molecule has 1 fully saturated rings. The zero-order valence-electron chi connectivity index (χ0n) is 14.4. The maximum atomic E-state index is 11.6. The lowest BCUT2D eigenvalue weighted by Crippen LogP contribution is -2.41. The predicted molar refractivity (Wildman–Crippen MR) is 71.3 cm³/mol. The van der Waals surface area contributed by atoms with Crippen molar-refractivity contribution in [3.05, 3.63) is 24.0 Å². The molecular weight excluding hydrogens is 245 g/mol. The van der Waals surface area contributed by atoms with Crippen LogP contribution in [-0.2, 0) is 14.0 Å². The van der Waals surface area contributed by atoms with Gasteiger partial charge in [-0.15, -0.1) is 0 Å². The Kier molecular flexibility index (Phi) is 2.53. The van der Waals surface area contributed by atoms with Crippen LogP contribution in [0, 0.1) is 0 Å². The molecule has 1 saturated heterocycles. The molecule has 5 nitrogen and oxygen atoms in total. The van der Waals surface area contributed by atoms with Gasteiger partial charge in [0, 0.05) is 11.7 Å². The lowest BCUT2D eigenvalue weighted by molar-refractivity contribution is 0.00578. The van der Waals surface area contributed by atoms with Crippen LogP contribution in [0.4, 0.5) is 0 Å². The number of methoxy groups -OCH3 is 1. The number of nitrogens with zero attached hydrogens (tertiary/aromatic N) is 1. The summed E-state index contributed by atoms with van der Waals surface area (Å²) in [5.41, 5.74) is -0.395. The Bertz CT molecular complexity index is 556. The van der Waals surface area contributed by atoms with Crippen LogP contribution in [0.25, 0.3) is 0 Å². The van der Waals surface area contributed by atoms with Crippen molar-refractivity contribution < 1.29 is 23.0 Å². The average molecular weight is 266 g/mol. The third-order valence-electron chi connectivity index (χ3n) is 3.61. The van der Waals surface area contributed by atoms with Crippen molar-refractivity contribution in [3.63, 3.8) is 0 Å². The Morgan fingerprint density at radius 2 is 1.95 bits per heavy atom. The minimum absolute atomic E-state index is 0.0867. The summed E-state index contributed by atoms with van der Waals surface area (Å²) in [6, 6.07) is 2.99. The SMILES string of the molecule is [2H]C([2H])([2H])OC(=O)c1ccc(B2OC(C)(C)C(C)(C)O2)cn1. The fourth-order valence-electron chi connectivity index (χ4n) is 1.70. The standard InChI is InChI=1S/C13H18BNO4/c1-12(2)13(3,4)19-14(18-12)9-6-7-10(15-8-9)11(16)17-5/h6-8H,1-5H3/i5D3. The summed E-state index contributed by atoms with van der Waals surface area (Å²) >= 11 is 0. The Morgan fingerprint density at radius 3 is 2.42 bits per heavy atom. The van der Waals surface area contributed by atoms with E-state index in [9.17, 15) is 4.79 Å². The number of aromatic nitrogens is 1. The van der Waals surface area contributed by atoms with E-state index in [1.54, 1.807) is 6.07 Å². The van der Waals surface area contributed by atoms with Gasteiger partial charge in [0.05, 0.1) is 22.4 Å². The number of carbonyl (C=O) groups is 1. The lowest BCUT2D eigenvalue weighted by Gasteiger charge is -2.32. The first kappa shape index (κ1) is 10.4. The number of pyridine rings is 1. The summed E-state index contributed by atoms with van der Waals surface area (Å²) in [6.45, 7) is 7.73. The average Bonchev–Trinajstić information content (AvgIpc) is 2.56. The monoisotopic (exact) mass is 266 g/mol. The van der Waals surface area contributed by atoms with E-state index < -0.39 is 31.3 Å². The molecule has 0 aromatic carbocycles. The molecule has 0 atom stereocenters. The first-order valence-corrected chi connectivity index (χ1v) is 5.96. The van der Waals surface area contributed by atoms with E-state index in [2.05, 4.69) is 9.72 Å². The summed E-state index contributed by atoms with van der Waals surface area (Å²) in [6.07, 6.45) is 1.41. The molecule has 1 aliphatic heterocycles. The summed E-state index contributed by atoms with van der Waals surface area (Å²) in [4.78, 5) is 15.5. The van der Waals surface area contributed by atoms with Gasteiger partial charge in [0.15, 0.2) is 0 Å². The van der Waals surface area contributed by atoms with Crippen LogP contribution in [0.3, 0.4) is 0 Å². The maximum Gasteiger partial charge on any atom is 0.496 e. The predicted octanol–water partition coefficient (Wildman–Crippen LogP) is 1.17. The number of rotatable bonds is 2. The van der Waals surface area contributed by atoms with Gasteiger partial charge < -0.3 is 14.0 Å². The highest BCUT2D eigenvalue weighted by Gasteiger charge is 2.51. The summed E-state index contributed by atoms with van der Waals surface area (Å²) < 4.78 is 36.7.